The fourth-order valence-electron chi connectivity index (χ4n) is 3.24. The lowest BCUT2D eigenvalue weighted by Gasteiger charge is -2.18. The number of hydrogen-bond acceptors (Lipinski definition) is 4. The minimum atomic E-state index is -0.814. The van der Waals surface area contributed by atoms with Crippen molar-refractivity contribution in [3.63, 3.8) is 0 Å². The van der Waals surface area contributed by atoms with Gasteiger partial charge in [0.15, 0.2) is 0 Å². The topological polar surface area (TPSA) is 80.3 Å². The number of hydrogen-bond donors (Lipinski definition) is 2. The Balaban J connectivity index is 1.59. The third-order valence-electron chi connectivity index (χ3n) is 4.73. The first kappa shape index (κ1) is 23.8. The van der Waals surface area contributed by atoms with E-state index in [1.54, 1.807) is 12.1 Å². The zero-order chi connectivity index (χ0) is 23.8. The van der Waals surface area contributed by atoms with Crippen molar-refractivity contribution in [1.29, 1.82) is 0 Å². The highest BCUT2D eigenvalue weighted by Crippen LogP contribution is 2.22. The summed E-state index contributed by atoms with van der Waals surface area (Å²) >= 11 is 0. The Labute approximate surface area is 191 Å². The number of ether oxygens (including phenoxy) is 1. The number of halogens is 2. The van der Waals surface area contributed by atoms with Crippen molar-refractivity contribution in [1.82, 2.24) is 10.3 Å². The van der Waals surface area contributed by atoms with Crippen molar-refractivity contribution in [2.45, 2.75) is 39.2 Å². The van der Waals surface area contributed by atoms with Crippen LogP contribution < -0.4 is 15.4 Å². The lowest BCUT2D eigenvalue weighted by molar-refractivity contribution is -0.126. The summed E-state index contributed by atoms with van der Waals surface area (Å²) in [7, 11) is 0. The summed E-state index contributed by atoms with van der Waals surface area (Å²) in [5, 5.41) is 5.30. The van der Waals surface area contributed by atoms with Gasteiger partial charge >= 0.3 is 0 Å². The van der Waals surface area contributed by atoms with Crippen molar-refractivity contribution in [3.8, 4) is 11.5 Å². The van der Waals surface area contributed by atoms with Crippen LogP contribution in [0.1, 0.15) is 30.9 Å². The van der Waals surface area contributed by atoms with Gasteiger partial charge in [0.05, 0.1) is 12.6 Å². The van der Waals surface area contributed by atoms with Gasteiger partial charge in [-0.15, -0.1) is 0 Å². The number of carbonyl (C=O) groups is 2. The van der Waals surface area contributed by atoms with Gasteiger partial charge in [-0.3, -0.25) is 9.59 Å². The van der Waals surface area contributed by atoms with Gasteiger partial charge in [0, 0.05) is 6.07 Å². The Morgan fingerprint density at radius 3 is 2.42 bits per heavy atom. The van der Waals surface area contributed by atoms with Gasteiger partial charge in [-0.05, 0) is 60.9 Å². The van der Waals surface area contributed by atoms with E-state index in [9.17, 15) is 18.4 Å². The van der Waals surface area contributed by atoms with Crippen molar-refractivity contribution in [3.05, 3.63) is 83.6 Å². The van der Waals surface area contributed by atoms with Crippen molar-refractivity contribution in [2.24, 2.45) is 0 Å². The molecule has 0 saturated carbocycles. The van der Waals surface area contributed by atoms with E-state index in [2.05, 4.69) is 15.6 Å². The number of benzene rings is 2. The summed E-state index contributed by atoms with van der Waals surface area (Å²) in [4.78, 5) is 29.2. The second-order valence-electron chi connectivity index (χ2n) is 7.65. The standard InChI is InChI=1S/C25H25F2N3O3/c1-3-5-22(29-24(31)13-17-11-18(26)14-19(27)12-17)25(32)30-23-9-8-21(15-28-23)33-20-7-4-6-16(2)10-20/h4,6-12,14-15,22H,3,5,13H2,1-2H3,(H,29,31)(H,28,30,32). The van der Waals surface area contributed by atoms with Crippen LogP contribution >= 0.6 is 0 Å². The predicted octanol–water partition coefficient (Wildman–Crippen LogP) is 4.93. The molecule has 3 aromatic rings. The lowest BCUT2D eigenvalue weighted by atomic mass is 10.1. The van der Waals surface area contributed by atoms with Crippen LogP contribution in [0.25, 0.3) is 0 Å². The highest BCUT2D eigenvalue weighted by Gasteiger charge is 2.21. The fraction of sp³-hybridized carbons (Fsp3) is 0.240. The molecule has 0 fully saturated rings. The monoisotopic (exact) mass is 453 g/mol. The molecule has 0 aliphatic heterocycles. The third kappa shape index (κ3) is 7.38. The Hall–Kier alpha value is -3.81. The average Bonchev–Trinajstić information content (AvgIpc) is 2.74. The molecular weight excluding hydrogens is 428 g/mol. The first-order chi connectivity index (χ1) is 15.8. The maximum absolute atomic E-state index is 13.3. The first-order valence-corrected chi connectivity index (χ1v) is 10.6. The van der Waals surface area contributed by atoms with Crippen LogP contribution in [0.3, 0.4) is 0 Å². The molecule has 33 heavy (non-hydrogen) atoms. The minimum absolute atomic E-state index is 0.187. The number of nitrogens with one attached hydrogen (secondary N) is 2. The van der Waals surface area contributed by atoms with Gasteiger partial charge in [0.25, 0.3) is 0 Å². The molecule has 2 N–H and O–H groups in total. The molecule has 8 heteroatoms. The van der Waals surface area contributed by atoms with Crippen molar-refractivity contribution >= 4 is 17.6 Å². The molecule has 0 aliphatic carbocycles. The zero-order valence-electron chi connectivity index (χ0n) is 18.4. The molecule has 0 aliphatic rings. The molecule has 0 spiro atoms. The van der Waals surface area contributed by atoms with E-state index in [4.69, 9.17) is 4.74 Å². The number of rotatable bonds is 9. The van der Waals surface area contributed by atoms with E-state index in [0.717, 1.165) is 23.8 Å². The Morgan fingerprint density at radius 2 is 1.79 bits per heavy atom. The van der Waals surface area contributed by atoms with Gasteiger partial charge < -0.3 is 15.4 Å². The molecule has 1 unspecified atom stereocenters. The molecule has 0 radical (unpaired) electrons. The Bertz CT molecular complexity index is 1100. The molecule has 2 amide bonds. The molecule has 0 saturated heterocycles. The summed E-state index contributed by atoms with van der Waals surface area (Å²) in [6, 6.07) is 12.9. The predicted molar refractivity (Wildman–Crippen MR) is 121 cm³/mol. The molecule has 1 atom stereocenters. The van der Waals surface area contributed by atoms with Crippen LogP contribution in [0.2, 0.25) is 0 Å². The molecule has 0 bridgehead atoms. The van der Waals surface area contributed by atoms with Crippen LogP contribution in [0.15, 0.2) is 60.8 Å². The van der Waals surface area contributed by atoms with E-state index in [-0.39, 0.29) is 12.0 Å². The molecule has 2 aromatic carbocycles. The molecule has 1 aromatic heterocycles. The van der Waals surface area contributed by atoms with Gasteiger partial charge in [-0.2, -0.15) is 0 Å². The summed E-state index contributed by atoms with van der Waals surface area (Å²) in [6.45, 7) is 3.84. The minimum Gasteiger partial charge on any atom is -0.456 e. The van der Waals surface area contributed by atoms with Gasteiger partial charge in [-0.1, -0.05) is 25.5 Å². The van der Waals surface area contributed by atoms with E-state index >= 15 is 0 Å². The first-order valence-electron chi connectivity index (χ1n) is 10.6. The molecular formula is C25H25F2N3O3. The maximum Gasteiger partial charge on any atom is 0.248 e. The summed E-state index contributed by atoms with van der Waals surface area (Å²) in [6.07, 6.45) is 2.28. The van der Waals surface area contributed by atoms with Gasteiger partial charge in [0.2, 0.25) is 11.8 Å². The Kier molecular flexibility index (Phi) is 8.07. The number of carbonyl (C=O) groups excluding carboxylic acids is 2. The van der Waals surface area contributed by atoms with Crippen LogP contribution in [-0.2, 0) is 16.0 Å². The quantitative estimate of drug-likeness (QED) is 0.482. The largest absolute Gasteiger partial charge is 0.456 e. The van der Waals surface area contributed by atoms with Gasteiger partial charge in [-0.25, -0.2) is 13.8 Å². The van der Waals surface area contributed by atoms with Gasteiger partial charge in [0.1, 0.15) is 35.0 Å². The summed E-state index contributed by atoms with van der Waals surface area (Å²) < 4.78 is 32.4. The third-order valence-corrected chi connectivity index (χ3v) is 4.73. The second kappa shape index (κ2) is 11.2. The summed E-state index contributed by atoms with van der Waals surface area (Å²) in [5.41, 5.74) is 1.25. The number of amides is 2. The fourth-order valence-corrected chi connectivity index (χ4v) is 3.24. The lowest BCUT2D eigenvalue weighted by Crippen LogP contribution is -2.44. The van der Waals surface area contributed by atoms with Crippen LogP contribution in [0.5, 0.6) is 11.5 Å². The summed E-state index contributed by atoms with van der Waals surface area (Å²) in [5.74, 6) is -0.974. The second-order valence-corrected chi connectivity index (χ2v) is 7.65. The van der Waals surface area contributed by atoms with Crippen LogP contribution in [-0.4, -0.2) is 22.8 Å². The number of nitrogens with zero attached hydrogens (tertiary/aromatic N) is 1. The highest BCUT2D eigenvalue weighted by molar-refractivity contribution is 5.96. The van der Waals surface area contributed by atoms with E-state index in [0.29, 0.717) is 30.2 Å². The molecule has 3 rings (SSSR count). The smallest absolute Gasteiger partial charge is 0.248 e. The highest BCUT2D eigenvalue weighted by atomic mass is 19.1. The van der Waals surface area contributed by atoms with Crippen LogP contribution in [0.4, 0.5) is 14.6 Å². The normalized spacial score (nSPS) is 11.5. The number of aromatic nitrogens is 1. The van der Waals surface area contributed by atoms with E-state index < -0.39 is 29.5 Å². The molecule has 6 nitrogen and oxygen atoms in total. The Morgan fingerprint density at radius 1 is 1.03 bits per heavy atom. The van der Waals surface area contributed by atoms with E-state index in [1.165, 1.54) is 6.20 Å². The number of aryl methyl sites for hydroxylation is 1. The number of anilines is 1. The average molecular weight is 453 g/mol. The molecule has 1 heterocycles. The maximum atomic E-state index is 13.3. The van der Waals surface area contributed by atoms with Crippen molar-refractivity contribution in [2.75, 3.05) is 5.32 Å². The zero-order valence-corrected chi connectivity index (χ0v) is 18.4. The van der Waals surface area contributed by atoms with Crippen LogP contribution in [0, 0.1) is 18.6 Å². The number of pyridine rings is 1. The van der Waals surface area contributed by atoms with E-state index in [1.807, 2.05) is 38.1 Å². The SMILES string of the molecule is CCCC(NC(=O)Cc1cc(F)cc(F)c1)C(=O)Nc1ccc(Oc2cccc(C)c2)cn1. The molecule has 172 valence electrons. The van der Waals surface area contributed by atoms with Crippen molar-refractivity contribution < 1.29 is 23.1 Å².